The largest absolute Gasteiger partial charge is 0.496 e. The monoisotopic (exact) mass is 330 g/mol. The Hall–Kier alpha value is -3.02. The molecule has 0 radical (unpaired) electrons. The molecule has 2 aromatic carbocycles. The van der Waals surface area contributed by atoms with Gasteiger partial charge in [0.25, 0.3) is 0 Å². The Morgan fingerprint density at radius 2 is 1.67 bits per heavy atom. The van der Waals surface area contributed by atoms with Crippen LogP contribution in [0.3, 0.4) is 0 Å². The zero-order chi connectivity index (χ0) is 17.7. The zero-order valence-corrected chi connectivity index (χ0v) is 13.4. The van der Waals surface area contributed by atoms with Crippen molar-refractivity contribution in [3.05, 3.63) is 47.5 Å². The Labute approximate surface area is 139 Å². The molecule has 126 valence electrons. The van der Waals surface area contributed by atoms with Crippen LogP contribution in [0.15, 0.2) is 36.4 Å². The van der Waals surface area contributed by atoms with Crippen LogP contribution in [0, 0.1) is 0 Å². The molecule has 0 spiro atoms. The predicted molar refractivity (Wildman–Crippen MR) is 87.7 cm³/mol. The van der Waals surface area contributed by atoms with E-state index in [0.29, 0.717) is 28.2 Å². The Bertz CT molecular complexity index is 766. The van der Waals surface area contributed by atoms with Crippen LogP contribution in [0.1, 0.15) is 11.1 Å². The van der Waals surface area contributed by atoms with Gasteiger partial charge in [0.1, 0.15) is 11.5 Å². The molecule has 0 unspecified atom stereocenters. The minimum Gasteiger partial charge on any atom is -0.496 e. The summed E-state index contributed by atoms with van der Waals surface area (Å²) in [4.78, 5) is 22.0. The SMILES string of the molecule is COc1ccc(-c2cccc(CC(=O)O)c2)c(OC)c1CC(=O)O. The van der Waals surface area contributed by atoms with Gasteiger partial charge in [-0.3, -0.25) is 9.59 Å². The van der Waals surface area contributed by atoms with E-state index in [4.69, 9.17) is 19.7 Å². The van der Waals surface area contributed by atoms with Gasteiger partial charge in [0.15, 0.2) is 0 Å². The van der Waals surface area contributed by atoms with Crippen molar-refractivity contribution in [2.45, 2.75) is 12.8 Å². The molecule has 6 heteroatoms. The van der Waals surface area contributed by atoms with Crippen LogP contribution in [0.5, 0.6) is 11.5 Å². The molecule has 0 saturated carbocycles. The first kappa shape index (κ1) is 17.3. The summed E-state index contributed by atoms with van der Waals surface area (Å²) in [6, 6.07) is 10.5. The summed E-state index contributed by atoms with van der Waals surface area (Å²) < 4.78 is 10.7. The lowest BCUT2D eigenvalue weighted by atomic mass is 9.97. The van der Waals surface area contributed by atoms with Gasteiger partial charge in [-0.2, -0.15) is 0 Å². The van der Waals surface area contributed by atoms with Crippen molar-refractivity contribution in [1.82, 2.24) is 0 Å². The zero-order valence-electron chi connectivity index (χ0n) is 13.4. The Morgan fingerprint density at radius 3 is 2.25 bits per heavy atom. The van der Waals surface area contributed by atoms with Gasteiger partial charge in [-0.1, -0.05) is 24.3 Å². The number of aliphatic carboxylic acids is 2. The molecule has 0 aliphatic rings. The summed E-state index contributed by atoms with van der Waals surface area (Å²) >= 11 is 0. The van der Waals surface area contributed by atoms with Gasteiger partial charge >= 0.3 is 11.9 Å². The number of carboxylic acids is 2. The van der Waals surface area contributed by atoms with E-state index in [1.165, 1.54) is 14.2 Å². The third-order valence-electron chi connectivity index (χ3n) is 3.56. The Balaban J connectivity index is 2.58. The number of methoxy groups -OCH3 is 2. The van der Waals surface area contributed by atoms with Gasteiger partial charge in [-0.25, -0.2) is 0 Å². The summed E-state index contributed by atoms with van der Waals surface area (Å²) in [5, 5.41) is 18.1. The molecule has 0 amide bonds. The van der Waals surface area contributed by atoms with Crippen molar-refractivity contribution < 1.29 is 29.3 Å². The van der Waals surface area contributed by atoms with Gasteiger partial charge in [-0.05, 0) is 23.3 Å². The van der Waals surface area contributed by atoms with E-state index >= 15 is 0 Å². The molecular formula is C18H18O6. The number of rotatable bonds is 7. The Morgan fingerprint density at radius 1 is 0.958 bits per heavy atom. The highest BCUT2D eigenvalue weighted by molar-refractivity contribution is 5.80. The third-order valence-corrected chi connectivity index (χ3v) is 3.56. The lowest BCUT2D eigenvalue weighted by Gasteiger charge is -2.16. The molecule has 0 fully saturated rings. The third kappa shape index (κ3) is 3.84. The van der Waals surface area contributed by atoms with E-state index in [1.54, 1.807) is 30.3 Å². The summed E-state index contributed by atoms with van der Waals surface area (Å²) in [6.45, 7) is 0. The first-order chi connectivity index (χ1) is 11.5. The lowest BCUT2D eigenvalue weighted by Crippen LogP contribution is -2.06. The van der Waals surface area contributed by atoms with Crippen molar-refractivity contribution in [3.63, 3.8) is 0 Å². The van der Waals surface area contributed by atoms with Crippen LogP contribution in [-0.2, 0) is 22.4 Å². The summed E-state index contributed by atoms with van der Waals surface area (Å²) in [5.74, 6) is -1.08. The minimum atomic E-state index is -0.997. The van der Waals surface area contributed by atoms with Gasteiger partial charge < -0.3 is 19.7 Å². The molecule has 0 heterocycles. The van der Waals surface area contributed by atoms with E-state index in [9.17, 15) is 9.59 Å². The molecule has 0 bridgehead atoms. The number of benzene rings is 2. The van der Waals surface area contributed by atoms with Crippen molar-refractivity contribution >= 4 is 11.9 Å². The van der Waals surface area contributed by atoms with Crippen LogP contribution < -0.4 is 9.47 Å². The van der Waals surface area contributed by atoms with Gasteiger partial charge in [0, 0.05) is 11.1 Å². The van der Waals surface area contributed by atoms with Crippen molar-refractivity contribution in [3.8, 4) is 22.6 Å². The van der Waals surface area contributed by atoms with Crippen molar-refractivity contribution in [1.29, 1.82) is 0 Å². The molecule has 0 atom stereocenters. The minimum absolute atomic E-state index is 0.0890. The van der Waals surface area contributed by atoms with E-state index in [1.807, 2.05) is 6.07 Å². The molecule has 2 N–H and O–H groups in total. The fraction of sp³-hybridized carbons (Fsp3) is 0.222. The number of hydrogen-bond donors (Lipinski definition) is 2. The average Bonchev–Trinajstić information content (AvgIpc) is 2.53. The molecule has 0 aliphatic carbocycles. The second-order valence-electron chi connectivity index (χ2n) is 5.17. The number of hydrogen-bond acceptors (Lipinski definition) is 4. The molecule has 6 nitrogen and oxygen atoms in total. The molecule has 0 aliphatic heterocycles. The quantitative estimate of drug-likeness (QED) is 0.810. The maximum Gasteiger partial charge on any atom is 0.308 e. The topological polar surface area (TPSA) is 93.1 Å². The van der Waals surface area contributed by atoms with Gasteiger partial charge in [0.2, 0.25) is 0 Å². The molecule has 2 aromatic rings. The van der Waals surface area contributed by atoms with E-state index < -0.39 is 11.9 Å². The molecule has 2 rings (SSSR count). The maximum absolute atomic E-state index is 11.2. The molecule has 0 saturated heterocycles. The first-order valence-corrected chi connectivity index (χ1v) is 7.23. The highest BCUT2D eigenvalue weighted by atomic mass is 16.5. The van der Waals surface area contributed by atoms with Gasteiger partial charge in [0.05, 0.1) is 27.1 Å². The highest BCUT2D eigenvalue weighted by Crippen LogP contribution is 2.39. The normalized spacial score (nSPS) is 10.2. The fourth-order valence-electron chi connectivity index (χ4n) is 2.60. The van der Waals surface area contributed by atoms with Crippen LogP contribution >= 0.6 is 0 Å². The first-order valence-electron chi connectivity index (χ1n) is 7.23. The lowest BCUT2D eigenvalue weighted by molar-refractivity contribution is -0.137. The van der Waals surface area contributed by atoms with Crippen LogP contribution in [0.2, 0.25) is 0 Å². The fourth-order valence-corrected chi connectivity index (χ4v) is 2.60. The van der Waals surface area contributed by atoms with E-state index in [2.05, 4.69) is 0 Å². The second-order valence-corrected chi connectivity index (χ2v) is 5.17. The number of ether oxygens (including phenoxy) is 2. The van der Waals surface area contributed by atoms with E-state index in [0.717, 1.165) is 5.56 Å². The standard InChI is InChI=1S/C18H18O6/c1-23-15-7-6-13(18(24-2)14(15)10-17(21)22)12-5-3-4-11(8-12)9-16(19)20/h3-8H,9-10H2,1-2H3,(H,19,20)(H,21,22). The summed E-state index contributed by atoms with van der Waals surface area (Å²) in [5.41, 5.74) is 2.52. The summed E-state index contributed by atoms with van der Waals surface area (Å²) in [6.07, 6.45) is -0.330. The predicted octanol–water partition coefficient (Wildman–Crippen LogP) is 2.62. The number of carboxylic acid groups (broad SMARTS) is 2. The van der Waals surface area contributed by atoms with Crippen LogP contribution in [-0.4, -0.2) is 36.4 Å². The Kier molecular flexibility index (Phi) is 5.42. The molecular weight excluding hydrogens is 312 g/mol. The number of carbonyl (C=O) groups is 2. The molecule has 0 aromatic heterocycles. The van der Waals surface area contributed by atoms with Crippen LogP contribution in [0.4, 0.5) is 0 Å². The second kappa shape index (κ2) is 7.50. The molecule has 24 heavy (non-hydrogen) atoms. The van der Waals surface area contributed by atoms with Crippen LogP contribution in [0.25, 0.3) is 11.1 Å². The van der Waals surface area contributed by atoms with Crippen molar-refractivity contribution in [2.24, 2.45) is 0 Å². The van der Waals surface area contributed by atoms with Gasteiger partial charge in [-0.15, -0.1) is 0 Å². The smallest absolute Gasteiger partial charge is 0.308 e. The highest BCUT2D eigenvalue weighted by Gasteiger charge is 2.19. The average molecular weight is 330 g/mol. The maximum atomic E-state index is 11.2. The summed E-state index contributed by atoms with van der Waals surface area (Å²) in [7, 11) is 2.93. The van der Waals surface area contributed by atoms with Crippen molar-refractivity contribution in [2.75, 3.05) is 14.2 Å². The van der Waals surface area contributed by atoms with E-state index in [-0.39, 0.29) is 12.8 Å².